The van der Waals surface area contributed by atoms with Gasteiger partial charge in [0.2, 0.25) is 0 Å². The quantitative estimate of drug-likeness (QED) is 0.464. The fraction of sp³-hybridized carbons (Fsp3) is 0.538. The minimum absolute atomic E-state index is 0.0717. The second kappa shape index (κ2) is 5.05. The molecule has 3 nitrogen and oxygen atoms in total. The van der Waals surface area contributed by atoms with Crippen molar-refractivity contribution in [3.8, 4) is 0 Å². The van der Waals surface area contributed by atoms with Crippen molar-refractivity contribution in [2.75, 3.05) is 0 Å². The normalized spacial score (nSPS) is 13.5. The molecular formula is C13H18ClNO2. The highest BCUT2D eigenvalue weighted by molar-refractivity contribution is 6.21. The maximum Gasteiger partial charge on any atom is 0.272 e. The van der Waals surface area contributed by atoms with Crippen LogP contribution in [0.4, 0.5) is 5.69 Å². The van der Waals surface area contributed by atoms with E-state index in [1.165, 1.54) is 6.07 Å². The van der Waals surface area contributed by atoms with Crippen LogP contribution in [0.3, 0.4) is 0 Å². The van der Waals surface area contributed by atoms with E-state index < -0.39 is 0 Å². The zero-order chi connectivity index (χ0) is 13.2. The van der Waals surface area contributed by atoms with Crippen molar-refractivity contribution < 1.29 is 4.92 Å². The zero-order valence-corrected chi connectivity index (χ0v) is 11.4. The van der Waals surface area contributed by atoms with Crippen LogP contribution in [0.5, 0.6) is 0 Å². The van der Waals surface area contributed by atoms with Gasteiger partial charge < -0.3 is 0 Å². The second-order valence-corrected chi connectivity index (χ2v) is 5.89. The van der Waals surface area contributed by atoms with Gasteiger partial charge in [0.15, 0.2) is 0 Å². The Hall–Kier alpha value is -1.09. The van der Waals surface area contributed by atoms with E-state index in [-0.39, 0.29) is 21.4 Å². The molecule has 0 aliphatic rings. The molecule has 17 heavy (non-hydrogen) atoms. The van der Waals surface area contributed by atoms with E-state index in [1.54, 1.807) is 6.07 Å². The Kier molecular flexibility index (Phi) is 4.15. The molecule has 1 rings (SSSR count). The van der Waals surface area contributed by atoms with Gasteiger partial charge >= 0.3 is 0 Å². The second-order valence-electron chi connectivity index (χ2n) is 5.37. The average molecular weight is 256 g/mol. The zero-order valence-electron chi connectivity index (χ0n) is 10.7. The third-order valence-corrected chi connectivity index (χ3v) is 3.71. The molecule has 4 heteroatoms. The Bertz CT molecular complexity index is 424. The molecule has 1 aromatic carbocycles. The van der Waals surface area contributed by atoms with Gasteiger partial charge in [-0.3, -0.25) is 10.1 Å². The monoisotopic (exact) mass is 255 g/mol. The van der Waals surface area contributed by atoms with Crippen molar-refractivity contribution in [1.29, 1.82) is 0 Å². The van der Waals surface area contributed by atoms with E-state index >= 15 is 0 Å². The van der Waals surface area contributed by atoms with Crippen LogP contribution in [-0.2, 0) is 6.42 Å². The SMILES string of the molecule is Cc1cccc([N+](=O)[O-])c1CC(Cl)C(C)(C)C. The lowest BCUT2D eigenvalue weighted by atomic mass is 9.86. The summed E-state index contributed by atoms with van der Waals surface area (Å²) in [6.07, 6.45) is 0.522. The smallest absolute Gasteiger partial charge is 0.258 e. The molecule has 94 valence electrons. The summed E-state index contributed by atoms with van der Waals surface area (Å²) in [6.45, 7) is 7.99. The van der Waals surface area contributed by atoms with E-state index in [0.717, 1.165) is 11.1 Å². The first-order valence-corrected chi connectivity index (χ1v) is 6.04. The largest absolute Gasteiger partial charge is 0.272 e. The van der Waals surface area contributed by atoms with Gasteiger partial charge in [-0.1, -0.05) is 32.9 Å². The third-order valence-electron chi connectivity index (χ3n) is 2.91. The van der Waals surface area contributed by atoms with Gasteiger partial charge in [-0.2, -0.15) is 0 Å². The number of hydrogen-bond donors (Lipinski definition) is 0. The summed E-state index contributed by atoms with van der Waals surface area (Å²) in [7, 11) is 0. The third kappa shape index (κ3) is 3.43. The molecule has 0 saturated heterocycles. The number of halogens is 1. The lowest BCUT2D eigenvalue weighted by Crippen LogP contribution is -2.23. The number of alkyl halides is 1. The number of hydrogen-bond acceptors (Lipinski definition) is 2. The van der Waals surface area contributed by atoms with Crippen LogP contribution in [0, 0.1) is 22.5 Å². The Morgan fingerprint density at radius 1 is 1.41 bits per heavy atom. The molecule has 0 spiro atoms. The maximum atomic E-state index is 11.0. The molecule has 0 aliphatic heterocycles. The lowest BCUT2D eigenvalue weighted by molar-refractivity contribution is -0.385. The summed E-state index contributed by atoms with van der Waals surface area (Å²) < 4.78 is 0. The van der Waals surface area contributed by atoms with Crippen LogP contribution < -0.4 is 0 Å². The highest BCUT2D eigenvalue weighted by Crippen LogP contribution is 2.31. The first kappa shape index (κ1) is 14.0. The first-order chi connectivity index (χ1) is 7.73. The molecule has 1 aromatic rings. The molecule has 0 fully saturated rings. The van der Waals surface area contributed by atoms with Crippen molar-refractivity contribution in [3.63, 3.8) is 0 Å². The Balaban J connectivity index is 3.09. The van der Waals surface area contributed by atoms with E-state index in [0.29, 0.717) is 6.42 Å². The van der Waals surface area contributed by atoms with Crippen LogP contribution in [0.1, 0.15) is 31.9 Å². The molecule has 0 bridgehead atoms. The van der Waals surface area contributed by atoms with Crippen LogP contribution >= 0.6 is 11.6 Å². The lowest BCUT2D eigenvalue weighted by Gasteiger charge is -2.25. The summed E-state index contributed by atoms with van der Waals surface area (Å²) in [5, 5.41) is 10.8. The Morgan fingerprint density at radius 3 is 2.47 bits per heavy atom. The molecule has 1 atom stereocenters. The highest BCUT2D eigenvalue weighted by Gasteiger charge is 2.26. The van der Waals surface area contributed by atoms with Gasteiger partial charge in [-0.05, 0) is 24.3 Å². The van der Waals surface area contributed by atoms with Crippen LogP contribution in [-0.4, -0.2) is 10.3 Å². The van der Waals surface area contributed by atoms with Gasteiger partial charge in [0.25, 0.3) is 5.69 Å². The van der Waals surface area contributed by atoms with Crippen molar-refractivity contribution in [3.05, 3.63) is 39.4 Å². The number of nitro benzene ring substituents is 1. The Morgan fingerprint density at radius 2 is 2.00 bits per heavy atom. The summed E-state index contributed by atoms with van der Waals surface area (Å²) >= 11 is 6.32. The van der Waals surface area contributed by atoms with E-state index in [9.17, 15) is 10.1 Å². The highest BCUT2D eigenvalue weighted by atomic mass is 35.5. The van der Waals surface area contributed by atoms with Crippen molar-refractivity contribution in [1.82, 2.24) is 0 Å². The number of nitro groups is 1. The fourth-order valence-corrected chi connectivity index (χ4v) is 1.76. The number of rotatable bonds is 3. The summed E-state index contributed by atoms with van der Waals surface area (Å²) in [5.41, 5.74) is 1.76. The first-order valence-electron chi connectivity index (χ1n) is 5.60. The van der Waals surface area contributed by atoms with Crippen molar-refractivity contribution in [2.45, 2.75) is 39.5 Å². The van der Waals surface area contributed by atoms with Crippen LogP contribution in [0.25, 0.3) is 0 Å². The van der Waals surface area contributed by atoms with Gasteiger partial charge in [-0.15, -0.1) is 11.6 Å². The van der Waals surface area contributed by atoms with Crippen LogP contribution in [0.2, 0.25) is 0 Å². The molecule has 0 heterocycles. The molecule has 0 saturated carbocycles. The van der Waals surface area contributed by atoms with E-state index in [2.05, 4.69) is 0 Å². The molecular weight excluding hydrogens is 238 g/mol. The van der Waals surface area contributed by atoms with Crippen molar-refractivity contribution >= 4 is 17.3 Å². The molecule has 1 unspecified atom stereocenters. The van der Waals surface area contributed by atoms with Crippen molar-refractivity contribution in [2.24, 2.45) is 5.41 Å². The topological polar surface area (TPSA) is 43.1 Å². The minimum Gasteiger partial charge on any atom is -0.258 e. The molecule has 0 radical (unpaired) electrons. The maximum absolute atomic E-state index is 11.0. The summed E-state index contributed by atoms with van der Waals surface area (Å²) in [6, 6.07) is 5.13. The van der Waals surface area contributed by atoms with Gasteiger partial charge in [-0.25, -0.2) is 0 Å². The number of aryl methyl sites for hydroxylation is 1. The predicted octanol–water partition coefficient (Wildman–Crippen LogP) is 4.10. The molecule has 0 aromatic heterocycles. The van der Waals surface area contributed by atoms with E-state index in [1.807, 2.05) is 33.8 Å². The van der Waals surface area contributed by atoms with E-state index in [4.69, 9.17) is 11.6 Å². The molecule has 0 N–H and O–H groups in total. The van der Waals surface area contributed by atoms with Gasteiger partial charge in [0, 0.05) is 17.0 Å². The number of benzene rings is 1. The molecule has 0 aliphatic carbocycles. The predicted molar refractivity (Wildman–Crippen MR) is 70.6 cm³/mol. The van der Waals surface area contributed by atoms with Crippen LogP contribution in [0.15, 0.2) is 18.2 Å². The minimum atomic E-state index is -0.339. The fourth-order valence-electron chi connectivity index (χ4n) is 1.61. The Labute approximate surface area is 107 Å². The standard InChI is InChI=1S/C13H18ClNO2/c1-9-6-5-7-11(15(16)17)10(9)8-12(14)13(2,3)4/h5-7,12H,8H2,1-4H3. The molecule has 0 amide bonds. The van der Waals surface area contributed by atoms with Gasteiger partial charge in [0.1, 0.15) is 0 Å². The number of nitrogens with zero attached hydrogens (tertiary/aromatic N) is 1. The summed E-state index contributed by atoms with van der Waals surface area (Å²) in [5.74, 6) is 0. The van der Waals surface area contributed by atoms with Gasteiger partial charge in [0.05, 0.1) is 4.92 Å². The average Bonchev–Trinajstić information content (AvgIpc) is 2.18. The summed E-state index contributed by atoms with van der Waals surface area (Å²) in [4.78, 5) is 10.6.